The number of primary amides is 1. The molecule has 0 fully saturated rings. The van der Waals surface area contributed by atoms with E-state index in [0.29, 0.717) is 28.0 Å². The molecule has 0 aliphatic rings. The number of ether oxygens (including phenoxy) is 2. The maximum absolute atomic E-state index is 12.5. The second kappa shape index (κ2) is 8.77. The van der Waals surface area contributed by atoms with Gasteiger partial charge >= 0.3 is 12.3 Å². The largest absolute Gasteiger partial charge is 0.573 e. The van der Waals surface area contributed by atoms with Crippen LogP contribution in [0.4, 0.5) is 13.2 Å². The fourth-order valence-electron chi connectivity index (χ4n) is 3.47. The van der Waals surface area contributed by atoms with Gasteiger partial charge < -0.3 is 24.9 Å². The number of hydrogen-bond donors (Lipinski definition) is 2. The van der Waals surface area contributed by atoms with Gasteiger partial charge in [0.2, 0.25) is 5.88 Å². The number of carboxylic acid groups (broad SMARTS) is 1. The number of carboxylic acids is 1. The van der Waals surface area contributed by atoms with Crippen molar-refractivity contribution in [2.24, 2.45) is 5.73 Å². The molecule has 0 bridgehead atoms. The van der Waals surface area contributed by atoms with Crippen LogP contribution in [0.3, 0.4) is 0 Å². The Morgan fingerprint density at radius 3 is 2.38 bits per heavy atom. The molecule has 0 unspecified atom stereocenters. The highest BCUT2D eigenvalue weighted by Crippen LogP contribution is 2.32. The number of alkyl halides is 3. The highest BCUT2D eigenvalue weighted by Gasteiger charge is 2.31. The summed E-state index contributed by atoms with van der Waals surface area (Å²) in [5.74, 6) is -1.86. The summed E-state index contributed by atoms with van der Waals surface area (Å²) in [4.78, 5) is 27.0. The van der Waals surface area contributed by atoms with E-state index in [1.165, 1.54) is 24.4 Å². The number of aromatic nitrogens is 2. The Labute approximate surface area is 190 Å². The average molecular weight is 471 g/mol. The highest BCUT2D eigenvalue weighted by atomic mass is 19.4. The number of nitrogens with two attached hydrogens (primary N) is 1. The third-order valence-corrected chi connectivity index (χ3v) is 4.76. The van der Waals surface area contributed by atoms with Crippen LogP contribution in [-0.2, 0) is 11.2 Å². The molecule has 1 amide bonds. The minimum atomic E-state index is -4.82. The Kier molecular flexibility index (Phi) is 5.84. The van der Waals surface area contributed by atoms with E-state index in [-0.39, 0.29) is 17.9 Å². The molecule has 8 nitrogen and oxygen atoms in total. The predicted octanol–water partition coefficient (Wildman–Crippen LogP) is 4.44. The van der Waals surface area contributed by atoms with E-state index >= 15 is 0 Å². The molecule has 0 aliphatic heterocycles. The molecular weight excluding hydrogens is 455 g/mol. The van der Waals surface area contributed by atoms with Gasteiger partial charge in [-0.1, -0.05) is 0 Å². The Morgan fingerprint density at radius 2 is 1.74 bits per heavy atom. The predicted molar refractivity (Wildman–Crippen MR) is 114 cm³/mol. The summed E-state index contributed by atoms with van der Waals surface area (Å²) in [7, 11) is 0. The molecule has 0 aliphatic carbocycles. The van der Waals surface area contributed by atoms with Crippen molar-refractivity contribution in [1.29, 1.82) is 0 Å². The van der Waals surface area contributed by atoms with Crippen LogP contribution in [0.1, 0.15) is 16.1 Å². The molecule has 174 valence electrons. The SMILES string of the molecule is NC(=O)c1cccnc1Oc1ccc2c(c1)cc(CC(=O)O)n2-c1ccc(OC(F)(F)F)cc1. The topological polar surface area (TPSA) is 117 Å². The van der Waals surface area contributed by atoms with E-state index in [9.17, 15) is 27.9 Å². The molecule has 11 heteroatoms. The number of halogens is 3. The van der Waals surface area contributed by atoms with E-state index in [4.69, 9.17) is 10.5 Å². The van der Waals surface area contributed by atoms with Crippen LogP contribution in [0.2, 0.25) is 0 Å². The highest BCUT2D eigenvalue weighted by molar-refractivity contribution is 5.95. The van der Waals surface area contributed by atoms with Gasteiger partial charge in [0.25, 0.3) is 5.91 Å². The van der Waals surface area contributed by atoms with Gasteiger partial charge in [-0.15, -0.1) is 13.2 Å². The molecule has 2 heterocycles. The third-order valence-electron chi connectivity index (χ3n) is 4.76. The molecular formula is C23H16F3N3O5. The second-order valence-electron chi connectivity index (χ2n) is 7.13. The van der Waals surface area contributed by atoms with Gasteiger partial charge in [0, 0.05) is 23.0 Å². The van der Waals surface area contributed by atoms with E-state index < -0.39 is 24.0 Å². The standard InChI is InChI=1S/C23H16F3N3O5/c24-23(25,26)34-16-5-3-14(4-6-16)29-15(12-20(30)31)10-13-11-17(7-8-19(13)29)33-22-18(21(27)32)2-1-9-28-22/h1-11H,12H2,(H2,27,32)(H,30,31). The van der Waals surface area contributed by atoms with Crippen LogP contribution in [-0.4, -0.2) is 32.9 Å². The first-order chi connectivity index (χ1) is 16.1. The normalized spacial score (nSPS) is 11.4. The lowest BCUT2D eigenvalue weighted by Crippen LogP contribution is -2.17. The number of benzene rings is 2. The lowest BCUT2D eigenvalue weighted by atomic mass is 10.2. The number of nitrogens with zero attached hydrogens (tertiary/aromatic N) is 2. The van der Waals surface area contributed by atoms with Gasteiger partial charge in [-0.05, 0) is 60.7 Å². The molecule has 0 saturated carbocycles. The van der Waals surface area contributed by atoms with Crippen LogP contribution < -0.4 is 15.2 Å². The third kappa shape index (κ3) is 4.93. The zero-order valence-corrected chi connectivity index (χ0v) is 17.2. The van der Waals surface area contributed by atoms with Gasteiger partial charge in [-0.2, -0.15) is 0 Å². The van der Waals surface area contributed by atoms with Gasteiger partial charge in [0.05, 0.1) is 11.9 Å². The lowest BCUT2D eigenvalue weighted by molar-refractivity contribution is -0.274. The van der Waals surface area contributed by atoms with Crippen molar-refractivity contribution in [3.05, 3.63) is 78.1 Å². The Balaban J connectivity index is 1.74. The minimum Gasteiger partial charge on any atom is -0.481 e. The van der Waals surface area contributed by atoms with Crippen molar-refractivity contribution in [2.45, 2.75) is 12.8 Å². The van der Waals surface area contributed by atoms with E-state index in [2.05, 4.69) is 9.72 Å². The maximum atomic E-state index is 12.5. The molecule has 4 aromatic rings. The Hall–Kier alpha value is -4.54. The number of aliphatic carboxylic acids is 1. The summed E-state index contributed by atoms with van der Waals surface area (Å²) in [6.45, 7) is 0. The minimum absolute atomic E-state index is 0.0137. The number of pyridine rings is 1. The number of hydrogen-bond acceptors (Lipinski definition) is 5. The van der Waals surface area contributed by atoms with Crippen molar-refractivity contribution >= 4 is 22.8 Å². The van der Waals surface area contributed by atoms with Gasteiger partial charge in [0.15, 0.2) is 0 Å². The summed E-state index contributed by atoms with van der Waals surface area (Å²) in [6.07, 6.45) is -3.72. The van der Waals surface area contributed by atoms with Crippen LogP contribution >= 0.6 is 0 Å². The number of carbonyl (C=O) groups is 2. The van der Waals surface area contributed by atoms with Crippen LogP contribution in [0.15, 0.2) is 66.9 Å². The molecule has 2 aromatic heterocycles. The van der Waals surface area contributed by atoms with Crippen molar-refractivity contribution in [3.8, 4) is 23.1 Å². The molecule has 0 atom stereocenters. The van der Waals surface area contributed by atoms with Crippen LogP contribution in [0.5, 0.6) is 17.4 Å². The van der Waals surface area contributed by atoms with E-state index in [1.807, 2.05) is 0 Å². The quantitative estimate of drug-likeness (QED) is 0.412. The first-order valence-electron chi connectivity index (χ1n) is 9.76. The first kappa shape index (κ1) is 22.6. The van der Waals surface area contributed by atoms with Crippen LogP contribution in [0.25, 0.3) is 16.6 Å². The first-order valence-corrected chi connectivity index (χ1v) is 9.76. The van der Waals surface area contributed by atoms with E-state index in [0.717, 1.165) is 12.1 Å². The molecule has 3 N–H and O–H groups in total. The number of fused-ring (bicyclic) bond motifs is 1. The molecule has 0 spiro atoms. The summed E-state index contributed by atoms with van der Waals surface area (Å²) >= 11 is 0. The Bertz CT molecular complexity index is 1380. The van der Waals surface area contributed by atoms with Gasteiger partial charge in [-0.3, -0.25) is 9.59 Å². The summed E-state index contributed by atoms with van der Waals surface area (Å²) in [5.41, 5.74) is 6.85. The van der Waals surface area contributed by atoms with Crippen molar-refractivity contribution < 1.29 is 37.3 Å². The van der Waals surface area contributed by atoms with Crippen molar-refractivity contribution in [3.63, 3.8) is 0 Å². The zero-order valence-electron chi connectivity index (χ0n) is 17.2. The molecule has 34 heavy (non-hydrogen) atoms. The second-order valence-corrected chi connectivity index (χ2v) is 7.13. The van der Waals surface area contributed by atoms with Gasteiger partial charge in [-0.25, -0.2) is 4.98 Å². The number of amides is 1. The van der Waals surface area contributed by atoms with Crippen molar-refractivity contribution in [2.75, 3.05) is 0 Å². The fraction of sp³-hybridized carbons (Fsp3) is 0.0870. The zero-order chi connectivity index (χ0) is 24.5. The lowest BCUT2D eigenvalue weighted by Gasteiger charge is -2.13. The van der Waals surface area contributed by atoms with E-state index in [1.54, 1.807) is 34.9 Å². The summed E-state index contributed by atoms with van der Waals surface area (Å²) in [5, 5.41) is 9.93. The average Bonchev–Trinajstić information content (AvgIpc) is 3.09. The molecule has 4 rings (SSSR count). The molecule has 0 saturated heterocycles. The van der Waals surface area contributed by atoms with Crippen LogP contribution in [0, 0.1) is 0 Å². The summed E-state index contributed by atoms with van der Waals surface area (Å²) in [6, 6.07) is 14.6. The fourth-order valence-corrected chi connectivity index (χ4v) is 3.47. The maximum Gasteiger partial charge on any atom is 0.573 e. The molecule has 2 aromatic carbocycles. The monoisotopic (exact) mass is 471 g/mol. The Morgan fingerprint density at radius 1 is 1.03 bits per heavy atom. The number of carbonyl (C=O) groups excluding carboxylic acids is 1. The summed E-state index contributed by atoms with van der Waals surface area (Å²) < 4.78 is 48.6. The van der Waals surface area contributed by atoms with Crippen molar-refractivity contribution in [1.82, 2.24) is 9.55 Å². The number of rotatable bonds is 7. The molecule has 0 radical (unpaired) electrons. The van der Waals surface area contributed by atoms with Gasteiger partial charge in [0.1, 0.15) is 17.1 Å². The smallest absolute Gasteiger partial charge is 0.481 e.